The Labute approximate surface area is 246 Å². The van der Waals surface area contributed by atoms with E-state index in [9.17, 15) is 18.0 Å². The van der Waals surface area contributed by atoms with Crippen LogP contribution >= 0.6 is 23.2 Å². The maximum absolute atomic E-state index is 14.0. The molecular formula is C30H33Cl2N3O4S. The fraction of sp³-hybridized carbons (Fsp3) is 0.333. The molecule has 2 amide bonds. The molecule has 212 valence electrons. The quantitative estimate of drug-likeness (QED) is 0.310. The highest BCUT2D eigenvalue weighted by atomic mass is 35.5. The first-order chi connectivity index (χ1) is 19.1. The molecule has 0 aliphatic heterocycles. The van der Waals surface area contributed by atoms with Crippen molar-refractivity contribution in [2.45, 2.75) is 63.1 Å². The Morgan fingerprint density at radius 3 is 2.27 bits per heavy atom. The normalized spacial score (nSPS) is 14.5. The van der Waals surface area contributed by atoms with Gasteiger partial charge in [-0.1, -0.05) is 66.4 Å². The number of carbonyl (C=O) groups excluding carboxylic acids is 2. The van der Waals surface area contributed by atoms with Crippen LogP contribution in [0.2, 0.25) is 10.0 Å². The van der Waals surface area contributed by atoms with E-state index in [0.29, 0.717) is 21.3 Å². The van der Waals surface area contributed by atoms with Crippen molar-refractivity contribution in [3.63, 3.8) is 0 Å². The van der Waals surface area contributed by atoms with Gasteiger partial charge in [0, 0.05) is 22.6 Å². The van der Waals surface area contributed by atoms with Gasteiger partial charge in [0.05, 0.1) is 10.6 Å². The third kappa shape index (κ3) is 7.16. The van der Waals surface area contributed by atoms with E-state index in [1.807, 2.05) is 6.07 Å². The highest BCUT2D eigenvalue weighted by Crippen LogP contribution is 2.29. The van der Waals surface area contributed by atoms with Gasteiger partial charge in [0.15, 0.2) is 0 Å². The Kier molecular flexibility index (Phi) is 9.77. The summed E-state index contributed by atoms with van der Waals surface area (Å²) in [6.45, 7) is 2.97. The molecule has 40 heavy (non-hydrogen) atoms. The number of amides is 2. The Bertz CT molecular complexity index is 1460. The van der Waals surface area contributed by atoms with Crippen molar-refractivity contribution in [2.75, 3.05) is 10.8 Å². The Morgan fingerprint density at radius 1 is 0.950 bits per heavy atom. The summed E-state index contributed by atoms with van der Waals surface area (Å²) < 4.78 is 28.9. The van der Waals surface area contributed by atoms with Gasteiger partial charge in [0.25, 0.3) is 10.0 Å². The number of rotatable bonds is 10. The largest absolute Gasteiger partial charge is 0.352 e. The molecule has 1 N–H and O–H groups in total. The molecule has 4 rings (SSSR count). The molecule has 0 spiro atoms. The van der Waals surface area contributed by atoms with Crippen LogP contribution in [0.25, 0.3) is 0 Å². The number of benzene rings is 3. The van der Waals surface area contributed by atoms with Crippen LogP contribution in [0.5, 0.6) is 0 Å². The van der Waals surface area contributed by atoms with Crippen molar-refractivity contribution in [1.29, 1.82) is 0 Å². The third-order valence-corrected chi connectivity index (χ3v) is 9.39. The molecule has 1 aliphatic rings. The van der Waals surface area contributed by atoms with Crippen LogP contribution in [0.1, 0.15) is 43.7 Å². The van der Waals surface area contributed by atoms with Crippen LogP contribution in [0, 0.1) is 6.92 Å². The third-order valence-electron chi connectivity index (χ3n) is 7.15. The SMILES string of the molecule is Cc1cc(Cl)ccc1N(CC(=O)N(Cc1cccc(Cl)c1)C(C)C(=O)NC1CCCC1)S(=O)(=O)c1ccccc1. The van der Waals surface area contributed by atoms with E-state index in [2.05, 4.69) is 5.32 Å². The minimum absolute atomic E-state index is 0.0468. The molecule has 0 saturated heterocycles. The molecule has 0 radical (unpaired) electrons. The van der Waals surface area contributed by atoms with Crippen molar-refractivity contribution >= 4 is 50.7 Å². The molecule has 10 heteroatoms. The number of aryl methyl sites for hydroxylation is 1. The molecule has 0 aromatic heterocycles. The minimum Gasteiger partial charge on any atom is -0.352 e. The molecule has 1 saturated carbocycles. The topological polar surface area (TPSA) is 86.8 Å². The van der Waals surface area contributed by atoms with E-state index in [1.54, 1.807) is 68.4 Å². The van der Waals surface area contributed by atoms with Crippen LogP contribution in [-0.4, -0.2) is 43.8 Å². The Balaban J connectivity index is 1.70. The van der Waals surface area contributed by atoms with Gasteiger partial charge < -0.3 is 10.2 Å². The van der Waals surface area contributed by atoms with E-state index < -0.39 is 28.5 Å². The lowest BCUT2D eigenvalue weighted by Crippen LogP contribution is -2.52. The summed E-state index contributed by atoms with van der Waals surface area (Å²) in [4.78, 5) is 28.8. The van der Waals surface area contributed by atoms with Gasteiger partial charge in [-0.05, 0) is 80.3 Å². The number of hydrogen-bond donors (Lipinski definition) is 1. The van der Waals surface area contributed by atoms with Crippen molar-refractivity contribution in [3.8, 4) is 0 Å². The summed E-state index contributed by atoms with van der Waals surface area (Å²) in [5.74, 6) is -0.801. The molecule has 1 aliphatic carbocycles. The minimum atomic E-state index is -4.14. The number of nitrogens with one attached hydrogen (secondary N) is 1. The number of halogens is 2. The summed E-state index contributed by atoms with van der Waals surface area (Å²) in [6, 6.07) is 19.0. The second kappa shape index (κ2) is 13.1. The van der Waals surface area contributed by atoms with Gasteiger partial charge in [-0.3, -0.25) is 13.9 Å². The summed E-state index contributed by atoms with van der Waals surface area (Å²) >= 11 is 12.4. The second-order valence-electron chi connectivity index (χ2n) is 10.1. The molecule has 7 nitrogen and oxygen atoms in total. The van der Waals surface area contributed by atoms with Gasteiger partial charge in [0.1, 0.15) is 12.6 Å². The first-order valence-corrected chi connectivity index (χ1v) is 15.4. The first kappa shape index (κ1) is 29.9. The molecule has 0 heterocycles. The van der Waals surface area contributed by atoms with Crippen molar-refractivity contribution in [2.24, 2.45) is 0 Å². The maximum atomic E-state index is 14.0. The van der Waals surface area contributed by atoms with Crippen molar-refractivity contribution in [1.82, 2.24) is 10.2 Å². The zero-order valence-corrected chi connectivity index (χ0v) is 24.8. The molecule has 0 bridgehead atoms. The van der Waals surface area contributed by atoms with Crippen LogP contribution in [-0.2, 0) is 26.2 Å². The Morgan fingerprint density at radius 2 is 1.62 bits per heavy atom. The maximum Gasteiger partial charge on any atom is 0.264 e. The molecule has 1 unspecified atom stereocenters. The summed E-state index contributed by atoms with van der Waals surface area (Å²) in [5, 5.41) is 4.01. The van der Waals surface area contributed by atoms with E-state index in [4.69, 9.17) is 23.2 Å². The summed E-state index contributed by atoms with van der Waals surface area (Å²) in [5.41, 5.74) is 1.64. The average molecular weight is 603 g/mol. The molecular weight excluding hydrogens is 569 g/mol. The van der Waals surface area contributed by atoms with Gasteiger partial charge in [-0.2, -0.15) is 0 Å². The number of sulfonamides is 1. The van der Waals surface area contributed by atoms with Crippen LogP contribution < -0.4 is 9.62 Å². The van der Waals surface area contributed by atoms with Crippen LogP contribution in [0.15, 0.2) is 77.7 Å². The predicted octanol–water partition coefficient (Wildman–Crippen LogP) is 5.97. The number of nitrogens with zero attached hydrogens (tertiary/aromatic N) is 2. The fourth-order valence-electron chi connectivity index (χ4n) is 4.94. The number of hydrogen-bond acceptors (Lipinski definition) is 4. The van der Waals surface area contributed by atoms with E-state index in [-0.39, 0.29) is 23.4 Å². The lowest BCUT2D eigenvalue weighted by molar-refractivity contribution is -0.139. The fourth-order valence-corrected chi connectivity index (χ4v) is 6.88. The average Bonchev–Trinajstić information content (AvgIpc) is 3.44. The zero-order valence-electron chi connectivity index (χ0n) is 22.5. The lowest BCUT2D eigenvalue weighted by atomic mass is 10.1. The van der Waals surface area contributed by atoms with Gasteiger partial charge in [0.2, 0.25) is 11.8 Å². The molecule has 3 aromatic rings. The highest BCUT2D eigenvalue weighted by molar-refractivity contribution is 7.92. The smallest absolute Gasteiger partial charge is 0.264 e. The van der Waals surface area contributed by atoms with Gasteiger partial charge in [-0.25, -0.2) is 8.42 Å². The number of anilines is 1. The van der Waals surface area contributed by atoms with Gasteiger partial charge in [-0.15, -0.1) is 0 Å². The second-order valence-corrected chi connectivity index (χ2v) is 12.8. The Hall–Kier alpha value is -3.07. The lowest BCUT2D eigenvalue weighted by Gasteiger charge is -2.33. The summed E-state index contributed by atoms with van der Waals surface area (Å²) in [6.07, 6.45) is 3.91. The standard InChI is InChI=1S/C30H33Cl2N3O4S/c1-21-17-25(32)15-16-28(21)35(40(38,39)27-13-4-3-5-14-27)20-29(36)34(19-23-9-8-10-24(31)18-23)22(2)30(37)33-26-11-6-7-12-26/h3-5,8-10,13-18,22,26H,6-7,11-12,19-20H2,1-2H3,(H,33,37). The van der Waals surface area contributed by atoms with Crippen molar-refractivity contribution < 1.29 is 18.0 Å². The van der Waals surface area contributed by atoms with E-state index in [1.165, 1.54) is 17.0 Å². The molecule has 3 aromatic carbocycles. The predicted molar refractivity (Wildman–Crippen MR) is 159 cm³/mol. The van der Waals surface area contributed by atoms with Gasteiger partial charge >= 0.3 is 0 Å². The molecule has 1 atom stereocenters. The van der Waals surface area contributed by atoms with Crippen LogP contribution in [0.3, 0.4) is 0 Å². The number of carbonyl (C=O) groups is 2. The first-order valence-electron chi connectivity index (χ1n) is 13.2. The molecule has 1 fully saturated rings. The zero-order chi connectivity index (χ0) is 28.9. The van der Waals surface area contributed by atoms with Crippen molar-refractivity contribution in [3.05, 3.63) is 94.0 Å². The highest BCUT2D eigenvalue weighted by Gasteiger charge is 2.33. The van der Waals surface area contributed by atoms with Crippen LogP contribution in [0.4, 0.5) is 5.69 Å². The van der Waals surface area contributed by atoms with E-state index >= 15 is 0 Å². The summed E-state index contributed by atoms with van der Waals surface area (Å²) in [7, 11) is -4.14. The van der Waals surface area contributed by atoms with E-state index in [0.717, 1.165) is 35.6 Å². The monoisotopic (exact) mass is 601 g/mol.